The predicted molar refractivity (Wildman–Crippen MR) is 74.7 cm³/mol. The lowest BCUT2D eigenvalue weighted by atomic mass is 10.1. The Kier molecular flexibility index (Phi) is 3.46. The molecule has 1 aromatic heterocycles. The molecule has 19 heavy (non-hydrogen) atoms. The van der Waals surface area contributed by atoms with Crippen molar-refractivity contribution >= 4 is 22.8 Å². The van der Waals surface area contributed by atoms with E-state index < -0.39 is 5.97 Å². The lowest BCUT2D eigenvalue weighted by Gasteiger charge is -2.09. The minimum absolute atomic E-state index is 0.0717. The Labute approximate surface area is 111 Å². The predicted octanol–water partition coefficient (Wildman–Crippen LogP) is 2.54. The van der Waals surface area contributed by atoms with E-state index in [1.165, 1.54) is 0 Å². The van der Waals surface area contributed by atoms with E-state index in [0.29, 0.717) is 17.6 Å². The molecule has 0 fully saturated rings. The van der Waals surface area contributed by atoms with E-state index in [-0.39, 0.29) is 11.5 Å². The molecule has 5 heteroatoms. The van der Waals surface area contributed by atoms with Crippen molar-refractivity contribution in [3.05, 3.63) is 41.6 Å². The molecule has 0 atom stereocenters. The number of carbonyl (C=O) groups is 1. The molecule has 2 N–H and O–H groups in total. The monoisotopic (exact) mass is 257 g/mol. The summed E-state index contributed by atoms with van der Waals surface area (Å²) in [7, 11) is 0. The topological polar surface area (TPSA) is 75.1 Å². The molecule has 0 aliphatic rings. The Balaban J connectivity index is 2.65. The Morgan fingerprint density at radius 3 is 2.42 bits per heavy atom. The lowest BCUT2D eigenvalue weighted by molar-refractivity contribution is 0.0691. The number of aromatic carboxylic acids is 1. The van der Waals surface area contributed by atoms with E-state index in [2.05, 4.69) is 21.9 Å². The van der Waals surface area contributed by atoms with Crippen LogP contribution in [-0.2, 0) is 0 Å². The van der Waals surface area contributed by atoms with Gasteiger partial charge in [0.2, 0.25) is 0 Å². The highest BCUT2D eigenvalue weighted by Gasteiger charge is 2.15. The average Bonchev–Trinajstić information content (AvgIpc) is 2.36. The third-order valence-electron chi connectivity index (χ3n) is 2.90. The number of aromatic nitrogens is 2. The molecule has 0 aliphatic heterocycles. The number of carboxylic acid groups (broad SMARTS) is 1. The van der Waals surface area contributed by atoms with Gasteiger partial charge in [-0.3, -0.25) is 0 Å². The van der Waals surface area contributed by atoms with Crippen LogP contribution in [0.2, 0.25) is 0 Å². The van der Waals surface area contributed by atoms with Crippen LogP contribution in [0.5, 0.6) is 0 Å². The molecule has 98 valence electrons. The van der Waals surface area contributed by atoms with Crippen molar-refractivity contribution in [1.29, 1.82) is 0 Å². The summed E-state index contributed by atoms with van der Waals surface area (Å²) in [4.78, 5) is 19.7. The quantitative estimate of drug-likeness (QED) is 0.823. The second-order valence-corrected chi connectivity index (χ2v) is 4.32. The summed E-state index contributed by atoms with van der Waals surface area (Å²) in [6.45, 7) is 7.96. The van der Waals surface area contributed by atoms with Gasteiger partial charge >= 0.3 is 5.97 Å². The van der Waals surface area contributed by atoms with Crippen molar-refractivity contribution < 1.29 is 9.90 Å². The van der Waals surface area contributed by atoms with Crippen LogP contribution in [0.3, 0.4) is 0 Å². The molecule has 0 spiro atoms. The molecule has 0 saturated carbocycles. The first-order chi connectivity index (χ1) is 9.02. The van der Waals surface area contributed by atoms with Crippen LogP contribution in [0.1, 0.15) is 21.6 Å². The minimum Gasteiger partial charge on any atom is -0.476 e. The number of anilines is 1. The minimum atomic E-state index is -1.10. The summed E-state index contributed by atoms with van der Waals surface area (Å²) in [5.74, 6) is -0.831. The van der Waals surface area contributed by atoms with Crippen LogP contribution in [0.4, 0.5) is 5.82 Å². The van der Waals surface area contributed by atoms with Crippen molar-refractivity contribution in [2.75, 3.05) is 11.9 Å². The molecule has 0 aliphatic carbocycles. The third-order valence-corrected chi connectivity index (χ3v) is 2.90. The molecule has 5 nitrogen and oxygen atoms in total. The fraction of sp³-hybridized carbons (Fsp3) is 0.214. The molecule has 0 saturated heterocycles. The SMILES string of the molecule is C=CCNc1nc2cc(C)c(C)cc2nc1C(=O)O. The number of hydrogen-bond donors (Lipinski definition) is 2. The second kappa shape index (κ2) is 5.06. The van der Waals surface area contributed by atoms with Gasteiger partial charge in [-0.1, -0.05) is 6.08 Å². The Bertz CT molecular complexity index is 665. The maximum atomic E-state index is 11.2. The van der Waals surface area contributed by atoms with E-state index in [0.717, 1.165) is 11.1 Å². The Morgan fingerprint density at radius 2 is 1.89 bits per heavy atom. The van der Waals surface area contributed by atoms with Crippen LogP contribution >= 0.6 is 0 Å². The molecular weight excluding hydrogens is 242 g/mol. The molecular formula is C14H15N3O2. The first kappa shape index (κ1) is 13.0. The second-order valence-electron chi connectivity index (χ2n) is 4.32. The fourth-order valence-electron chi connectivity index (χ4n) is 1.75. The Morgan fingerprint density at radius 1 is 1.32 bits per heavy atom. The van der Waals surface area contributed by atoms with Gasteiger partial charge in [-0.25, -0.2) is 14.8 Å². The zero-order chi connectivity index (χ0) is 14.0. The van der Waals surface area contributed by atoms with E-state index in [1.54, 1.807) is 6.08 Å². The Hall–Kier alpha value is -2.43. The highest BCUT2D eigenvalue weighted by molar-refractivity contribution is 5.94. The van der Waals surface area contributed by atoms with Crippen molar-refractivity contribution in [1.82, 2.24) is 9.97 Å². The van der Waals surface area contributed by atoms with Crippen LogP contribution in [-0.4, -0.2) is 27.6 Å². The normalized spacial score (nSPS) is 10.4. The van der Waals surface area contributed by atoms with Gasteiger partial charge in [-0.15, -0.1) is 6.58 Å². The number of carboxylic acids is 1. The van der Waals surface area contributed by atoms with Gasteiger partial charge in [0.05, 0.1) is 11.0 Å². The van der Waals surface area contributed by atoms with Crippen LogP contribution in [0.25, 0.3) is 11.0 Å². The summed E-state index contributed by atoms with van der Waals surface area (Å²) < 4.78 is 0. The maximum Gasteiger partial charge on any atom is 0.358 e. The van der Waals surface area contributed by atoms with Gasteiger partial charge < -0.3 is 10.4 Å². The van der Waals surface area contributed by atoms with E-state index >= 15 is 0 Å². The fourth-order valence-corrected chi connectivity index (χ4v) is 1.75. The van der Waals surface area contributed by atoms with Gasteiger partial charge in [-0.05, 0) is 37.1 Å². The van der Waals surface area contributed by atoms with Gasteiger partial charge in [-0.2, -0.15) is 0 Å². The number of hydrogen-bond acceptors (Lipinski definition) is 4. The first-order valence-electron chi connectivity index (χ1n) is 5.90. The maximum absolute atomic E-state index is 11.2. The molecule has 1 aromatic carbocycles. The lowest BCUT2D eigenvalue weighted by Crippen LogP contribution is -2.11. The zero-order valence-electron chi connectivity index (χ0n) is 10.9. The number of rotatable bonds is 4. The molecule has 0 unspecified atom stereocenters. The van der Waals surface area contributed by atoms with Crippen molar-refractivity contribution in [2.24, 2.45) is 0 Å². The van der Waals surface area contributed by atoms with E-state index in [1.807, 2.05) is 26.0 Å². The number of aryl methyl sites for hydroxylation is 2. The first-order valence-corrected chi connectivity index (χ1v) is 5.90. The van der Waals surface area contributed by atoms with Crippen LogP contribution < -0.4 is 5.32 Å². The average molecular weight is 257 g/mol. The summed E-state index contributed by atoms with van der Waals surface area (Å²) in [6.07, 6.45) is 1.64. The zero-order valence-corrected chi connectivity index (χ0v) is 10.9. The van der Waals surface area contributed by atoms with Crippen molar-refractivity contribution in [3.8, 4) is 0 Å². The van der Waals surface area contributed by atoms with Crippen molar-refractivity contribution in [2.45, 2.75) is 13.8 Å². The summed E-state index contributed by atoms with van der Waals surface area (Å²) in [6, 6.07) is 3.75. The third kappa shape index (κ3) is 2.54. The summed E-state index contributed by atoms with van der Waals surface area (Å²) >= 11 is 0. The molecule has 2 aromatic rings. The summed E-state index contributed by atoms with van der Waals surface area (Å²) in [5, 5.41) is 12.1. The molecule has 0 amide bonds. The van der Waals surface area contributed by atoms with Gasteiger partial charge in [0.15, 0.2) is 11.5 Å². The largest absolute Gasteiger partial charge is 0.476 e. The van der Waals surface area contributed by atoms with E-state index in [4.69, 9.17) is 0 Å². The standard InChI is InChI=1S/C14H15N3O2/c1-4-5-15-13-12(14(18)19)16-10-6-8(2)9(3)7-11(10)17-13/h4,6-7H,1,5H2,2-3H3,(H,15,17)(H,18,19). The number of fused-ring (bicyclic) bond motifs is 1. The number of nitrogens with one attached hydrogen (secondary N) is 1. The van der Waals surface area contributed by atoms with E-state index in [9.17, 15) is 9.90 Å². The van der Waals surface area contributed by atoms with Crippen LogP contribution in [0.15, 0.2) is 24.8 Å². The van der Waals surface area contributed by atoms with Crippen LogP contribution in [0, 0.1) is 13.8 Å². The summed E-state index contributed by atoms with van der Waals surface area (Å²) in [5.41, 5.74) is 3.35. The van der Waals surface area contributed by atoms with Gasteiger partial charge in [0.1, 0.15) is 0 Å². The molecule has 1 heterocycles. The number of benzene rings is 1. The molecule has 2 rings (SSSR count). The smallest absolute Gasteiger partial charge is 0.358 e. The molecule has 0 radical (unpaired) electrons. The highest BCUT2D eigenvalue weighted by Crippen LogP contribution is 2.20. The number of nitrogens with zero attached hydrogens (tertiary/aromatic N) is 2. The van der Waals surface area contributed by atoms with Crippen molar-refractivity contribution in [3.63, 3.8) is 0 Å². The highest BCUT2D eigenvalue weighted by atomic mass is 16.4. The molecule has 0 bridgehead atoms. The van der Waals surface area contributed by atoms with Gasteiger partial charge in [0.25, 0.3) is 0 Å². The van der Waals surface area contributed by atoms with Gasteiger partial charge in [0, 0.05) is 6.54 Å².